The zero-order valence-corrected chi connectivity index (χ0v) is 19.3. The number of benzene rings is 2. The standard InChI is InChI=1S/C25H23BrN4O2/c1-16-20(9-10-21(27-16)17-5-4-6-18(26)15-17)24(31)29-13-11-19(12-14-29)30-23-8-3-2-7-22(23)28-25(30)32/h2-10,15,19H,11-14H2,1H3,(H,28,32). The first-order valence-corrected chi connectivity index (χ1v) is 11.5. The summed E-state index contributed by atoms with van der Waals surface area (Å²) < 4.78 is 2.84. The largest absolute Gasteiger partial charge is 0.338 e. The molecule has 6 nitrogen and oxygen atoms in total. The minimum Gasteiger partial charge on any atom is -0.338 e. The molecule has 5 rings (SSSR count). The average Bonchev–Trinajstić information content (AvgIpc) is 3.14. The Balaban J connectivity index is 1.32. The number of hydrogen-bond acceptors (Lipinski definition) is 3. The third-order valence-corrected chi connectivity index (χ3v) is 6.67. The summed E-state index contributed by atoms with van der Waals surface area (Å²) in [5, 5.41) is 0. The van der Waals surface area contributed by atoms with Gasteiger partial charge in [0.05, 0.1) is 28.0 Å². The van der Waals surface area contributed by atoms with Crippen LogP contribution in [0, 0.1) is 6.92 Å². The molecule has 2 aromatic heterocycles. The number of carbonyl (C=O) groups is 1. The monoisotopic (exact) mass is 490 g/mol. The van der Waals surface area contributed by atoms with Gasteiger partial charge in [-0.25, -0.2) is 4.79 Å². The van der Waals surface area contributed by atoms with E-state index in [4.69, 9.17) is 0 Å². The van der Waals surface area contributed by atoms with Crippen molar-refractivity contribution in [1.82, 2.24) is 19.4 Å². The molecule has 0 radical (unpaired) electrons. The van der Waals surface area contributed by atoms with Crippen LogP contribution in [0.5, 0.6) is 0 Å². The second-order valence-corrected chi connectivity index (χ2v) is 9.10. The van der Waals surface area contributed by atoms with Crippen LogP contribution in [-0.2, 0) is 0 Å². The molecule has 1 aliphatic heterocycles. The molecule has 0 atom stereocenters. The molecule has 32 heavy (non-hydrogen) atoms. The highest BCUT2D eigenvalue weighted by atomic mass is 79.9. The lowest BCUT2D eigenvalue weighted by Crippen LogP contribution is -2.40. The SMILES string of the molecule is Cc1nc(-c2cccc(Br)c2)ccc1C(=O)N1CCC(n2c(=O)[nH]c3ccccc32)CC1. The lowest BCUT2D eigenvalue weighted by Gasteiger charge is -2.32. The summed E-state index contributed by atoms with van der Waals surface area (Å²) in [6.45, 7) is 3.11. The Morgan fingerprint density at radius 3 is 2.59 bits per heavy atom. The molecular weight excluding hydrogens is 468 g/mol. The number of likely N-dealkylation sites (tertiary alicyclic amines) is 1. The Morgan fingerprint density at radius 1 is 1.06 bits per heavy atom. The van der Waals surface area contributed by atoms with Gasteiger partial charge in [0.1, 0.15) is 0 Å². The molecule has 0 bridgehead atoms. The van der Waals surface area contributed by atoms with Gasteiger partial charge in [-0.2, -0.15) is 0 Å². The molecule has 4 aromatic rings. The van der Waals surface area contributed by atoms with E-state index in [1.54, 1.807) is 0 Å². The van der Waals surface area contributed by atoms with E-state index in [0.717, 1.165) is 45.3 Å². The van der Waals surface area contributed by atoms with E-state index in [2.05, 4.69) is 25.9 Å². The van der Waals surface area contributed by atoms with Gasteiger partial charge in [0.25, 0.3) is 5.91 Å². The van der Waals surface area contributed by atoms with Crippen LogP contribution in [0.1, 0.15) is 34.9 Å². The third kappa shape index (κ3) is 3.77. The number of aromatic nitrogens is 3. The van der Waals surface area contributed by atoms with Crippen molar-refractivity contribution in [3.05, 3.63) is 86.9 Å². The molecule has 0 spiro atoms. The average molecular weight is 491 g/mol. The van der Waals surface area contributed by atoms with Crippen LogP contribution in [0.25, 0.3) is 22.3 Å². The molecule has 1 aliphatic rings. The summed E-state index contributed by atoms with van der Waals surface area (Å²) in [6.07, 6.45) is 1.49. The summed E-state index contributed by atoms with van der Waals surface area (Å²) in [6, 6.07) is 19.6. The summed E-state index contributed by atoms with van der Waals surface area (Å²) in [5.41, 5.74) is 4.89. The molecule has 1 amide bonds. The van der Waals surface area contributed by atoms with Gasteiger partial charge < -0.3 is 9.88 Å². The Labute approximate surface area is 194 Å². The van der Waals surface area contributed by atoms with E-state index >= 15 is 0 Å². The molecule has 3 heterocycles. The van der Waals surface area contributed by atoms with Gasteiger partial charge >= 0.3 is 5.69 Å². The summed E-state index contributed by atoms with van der Waals surface area (Å²) in [5.74, 6) is 0.000478. The fraction of sp³-hybridized carbons (Fsp3) is 0.240. The first kappa shape index (κ1) is 20.7. The first-order chi connectivity index (χ1) is 15.5. The summed E-state index contributed by atoms with van der Waals surface area (Å²) >= 11 is 3.49. The van der Waals surface area contributed by atoms with Gasteiger partial charge in [0.2, 0.25) is 0 Å². The highest BCUT2D eigenvalue weighted by molar-refractivity contribution is 9.10. The van der Waals surface area contributed by atoms with E-state index in [-0.39, 0.29) is 17.6 Å². The normalized spacial score (nSPS) is 14.8. The summed E-state index contributed by atoms with van der Waals surface area (Å²) in [7, 11) is 0. The summed E-state index contributed by atoms with van der Waals surface area (Å²) in [4.78, 5) is 35.2. The van der Waals surface area contributed by atoms with Crippen molar-refractivity contribution in [2.75, 3.05) is 13.1 Å². The number of aryl methyl sites for hydroxylation is 1. The Morgan fingerprint density at radius 2 is 1.84 bits per heavy atom. The number of pyridine rings is 1. The fourth-order valence-corrected chi connectivity index (χ4v) is 4.93. The van der Waals surface area contributed by atoms with Crippen LogP contribution >= 0.6 is 15.9 Å². The lowest BCUT2D eigenvalue weighted by molar-refractivity contribution is 0.0694. The number of imidazole rings is 1. The molecule has 2 aromatic carbocycles. The van der Waals surface area contributed by atoms with Crippen molar-refractivity contribution in [3.8, 4) is 11.3 Å². The van der Waals surface area contributed by atoms with Crippen LogP contribution in [0.2, 0.25) is 0 Å². The van der Waals surface area contributed by atoms with Gasteiger partial charge in [-0.3, -0.25) is 14.3 Å². The van der Waals surface area contributed by atoms with Crippen molar-refractivity contribution >= 4 is 32.9 Å². The Hall–Kier alpha value is -3.19. The Bertz CT molecular complexity index is 1370. The van der Waals surface area contributed by atoms with Crippen molar-refractivity contribution in [2.24, 2.45) is 0 Å². The third-order valence-electron chi connectivity index (χ3n) is 6.18. The van der Waals surface area contributed by atoms with Crippen LogP contribution < -0.4 is 5.69 Å². The second kappa shape index (κ2) is 8.39. The topological polar surface area (TPSA) is 71.0 Å². The maximum absolute atomic E-state index is 13.2. The number of carbonyl (C=O) groups excluding carboxylic acids is 1. The van der Waals surface area contributed by atoms with Crippen LogP contribution in [0.3, 0.4) is 0 Å². The quantitative estimate of drug-likeness (QED) is 0.442. The van der Waals surface area contributed by atoms with Gasteiger partial charge in [-0.1, -0.05) is 40.2 Å². The van der Waals surface area contributed by atoms with Crippen molar-refractivity contribution in [2.45, 2.75) is 25.8 Å². The molecule has 1 saturated heterocycles. The van der Waals surface area contributed by atoms with Crippen molar-refractivity contribution in [1.29, 1.82) is 0 Å². The Kier molecular flexibility index (Phi) is 5.43. The number of hydrogen-bond donors (Lipinski definition) is 1. The molecule has 1 N–H and O–H groups in total. The molecule has 162 valence electrons. The van der Waals surface area contributed by atoms with E-state index in [9.17, 15) is 9.59 Å². The molecule has 7 heteroatoms. The van der Waals surface area contributed by atoms with Crippen LogP contribution in [0.4, 0.5) is 0 Å². The van der Waals surface area contributed by atoms with Gasteiger partial charge in [0.15, 0.2) is 0 Å². The molecule has 1 fully saturated rings. The van der Waals surface area contributed by atoms with E-state index in [1.165, 1.54) is 0 Å². The zero-order chi connectivity index (χ0) is 22.2. The van der Waals surface area contributed by atoms with Gasteiger partial charge in [-0.05, 0) is 56.2 Å². The van der Waals surface area contributed by atoms with E-state index < -0.39 is 0 Å². The number of fused-ring (bicyclic) bond motifs is 1. The number of H-pyrrole nitrogens is 1. The fourth-order valence-electron chi connectivity index (χ4n) is 4.53. The van der Waals surface area contributed by atoms with E-state index in [1.807, 2.05) is 77.1 Å². The minimum atomic E-state index is -0.0841. The predicted molar refractivity (Wildman–Crippen MR) is 129 cm³/mol. The van der Waals surface area contributed by atoms with Crippen molar-refractivity contribution in [3.63, 3.8) is 0 Å². The second-order valence-electron chi connectivity index (χ2n) is 8.18. The maximum Gasteiger partial charge on any atom is 0.326 e. The number of piperidine rings is 1. The lowest BCUT2D eigenvalue weighted by atomic mass is 10.0. The van der Waals surface area contributed by atoms with Crippen molar-refractivity contribution < 1.29 is 4.79 Å². The number of halogens is 1. The number of rotatable bonds is 3. The zero-order valence-electron chi connectivity index (χ0n) is 17.7. The van der Waals surface area contributed by atoms with Gasteiger partial charge in [-0.15, -0.1) is 0 Å². The molecule has 0 aliphatic carbocycles. The first-order valence-electron chi connectivity index (χ1n) is 10.7. The molecular formula is C25H23BrN4O2. The number of nitrogens with zero attached hydrogens (tertiary/aromatic N) is 3. The van der Waals surface area contributed by atoms with E-state index in [0.29, 0.717) is 18.7 Å². The maximum atomic E-state index is 13.2. The van der Waals surface area contributed by atoms with Crippen LogP contribution in [0.15, 0.2) is 69.9 Å². The highest BCUT2D eigenvalue weighted by Gasteiger charge is 2.27. The number of para-hydroxylation sites is 2. The molecule has 0 saturated carbocycles. The number of aromatic amines is 1. The smallest absolute Gasteiger partial charge is 0.326 e. The molecule has 0 unspecified atom stereocenters. The predicted octanol–water partition coefficient (Wildman–Crippen LogP) is 4.94. The number of nitrogens with one attached hydrogen (secondary N) is 1. The number of amides is 1. The van der Waals surface area contributed by atoms with Gasteiger partial charge in [0, 0.05) is 29.2 Å². The highest BCUT2D eigenvalue weighted by Crippen LogP contribution is 2.27. The minimum absolute atomic E-state index is 0.000478. The van der Waals surface area contributed by atoms with Crippen LogP contribution in [-0.4, -0.2) is 38.4 Å².